The molecule has 1 aliphatic rings. The molecule has 0 radical (unpaired) electrons. The fraction of sp³-hybridized carbons (Fsp3) is 0.353. The standard InChI is InChI=1S/C15H16N6OS.C2HF3O2/c22-15(18-10-1-2-12-14(7-10)23-9-17-12)13-8-21(20-19-13)11-3-5-16-6-4-11;3-2(4,5)1(6)7/h1-2,7-9,11,16H,3-6H2,(H,18,22);(H,6,7). The quantitative estimate of drug-likeness (QED) is 0.570. The summed E-state index contributed by atoms with van der Waals surface area (Å²) in [7, 11) is 0. The van der Waals surface area contributed by atoms with E-state index in [9.17, 15) is 18.0 Å². The third kappa shape index (κ3) is 5.51. The lowest BCUT2D eigenvalue weighted by atomic mass is 10.1. The van der Waals surface area contributed by atoms with Crippen LogP contribution in [0.1, 0.15) is 29.4 Å². The lowest BCUT2D eigenvalue weighted by molar-refractivity contribution is -0.192. The molecule has 4 rings (SSSR count). The summed E-state index contributed by atoms with van der Waals surface area (Å²) >= 11 is 1.55. The molecule has 160 valence electrons. The van der Waals surface area contributed by atoms with Crippen molar-refractivity contribution in [2.45, 2.75) is 25.1 Å². The molecule has 0 aliphatic carbocycles. The van der Waals surface area contributed by atoms with E-state index in [0.717, 1.165) is 41.8 Å². The number of benzene rings is 1. The Kier molecular flexibility index (Phi) is 6.62. The maximum atomic E-state index is 12.3. The zero-order valence-electron chi connectivity index (χ0n) is 15.4. The molecule has 0 saturated carbocycles. The predicted octanol–water partition coefficient (Wildman–Crippen LogP) is 2.70. The number of aliphatic carboxylic acids is 1. The molecule has 9 nitrogen and oxygen atoms in total. The van der Waals surface area contributed by atoms with Crippen LogP contribution in [0, 0.1) is 0 Å². The highest BCUT2D eigenvalue weighted by molar-refractivity contribution is 7.16. The van der Waals surface area contributed by atoms with Gasteiger partial charge in [0, 0.05) is 5.69 Å². The van der Waals surface area contributed by atoms with Crippen molar-refractivity contribution in [2.24, 2.45) is 0 Å². The first kappa shape index (κ1) is 21.6. The number of anilines is 1. The number of carbonyl (C=O) groups excluding carboxylic acids is 1. The first-order valence-electron chi connectivity index (χ1n) is 8.81. The minimum absolute atomic E-state index is 0.242. The Morgan fingerprint density at radius 3 is 2.63 bits per heavy atom. The first-order chi connectivity index (χ1) is 14.2. The number of piperidine rings is 1. The van der Waals surface area contributed by atoms with Gasteiger partial charge in [-0.3, -0.25) is 4.79 Å². The van der Waals surface area contributed by atoms with Gasteiger partial charge in [0.1, 0.15) is 0 Å². The number of fused-ring (bicyclic) bond motifs is 1. The molecule has 1 amide bonds. The van der Waals surface area contributed by atoms with Gasteiger partial charge in [0.25, 0.3) is 5.91 Å². The summed E-state index contributed by atoms with van der Waals surface area (Å²) < 4.78 is 34.6. The van der Waals surface area contributed by atoms with Crippen molar-refractivity contribution in [3.63, 3.8) is 0 Å². The van der Waals surface area contributed by atoms with Gasteiger partial charge in [0.15, 0.2) is 5.69 Å². The van der Waals surface area contributed by atoms with Gasteiger partial charge in [-0.2, -0.15) is 13.2 Å². The van der Waals surface area contributed by atoms with Crippen LogP contribution in [0.2, 0.25) is 0 Å². The molecule has 3 aromatic rings. The van der Waals surface area contributed by atoms with Crippen LogP contribution >= 0.6 is 11.3 Å². The van der Waals surface area contributed by atoms with E-state index in [1.807, 2.05) is 22.9 Å². The summed E-state index contributed by atoms with van der Waals surface area (Å²) in [4.78, 5) is 25.5. The third-order valence-electron chi connectivity index (χ3n) is 4.26. The molecule has 0 spiro atoms. The lowest BCUT2D eigenvalue weighted by Gasteiger charge is -2.22. The second-order valence-corrected chi connectivity index (χ2v) is 7.24. The average molecular weight is 442 g/mol. The zero-order valence-corrected chi connectivity index (χ0v) is 16.2. The van der Waals surface area contributed by atoms with E-state index in [-0.39, 0.29) is 5.91 Å². The summed E-state index contributed by atoms with van der Waals surface area (Å²) in [5.41, 5.74) is 3.81. The molecule has 0 bridgehead atoms. The summed E-state index contributed by atoms with van der Waals surface area (Å²) in [5.74, 6) is -3.00. The summed E-state index contributed by atoms with van der Waals surface area (Å²) in [6, 6.07) is 5.98. The van der Waals surface area contributed by atoms with Crippen molar-refractivity contribution < 1.29 is 27.9 Å². The van der Waals surface area contributed by atoms with E-state index in [0.29, 0.717) is 11.7 Å². The van der Waals surface area contributed by atoms with Crippen molar-refractivity contribution in [1.29, 1.82) is 0 Å². The number of hydrogen-bond donors (Lipinski definition) is 3. The largest absolute Gasteiger partial charge is 0.490 e. The molecule has 1 aliphatic heterocycles. The van der Waals surface area contributed by atoms with Gasteiger partial charge in [-0.1, -0.05) is 5.21 Å². The summed E-state index contributed by atoms with van der Waals surface area (Å²) in [6.07, 6.45) is -1.34. The smallest absolute Gasteiger partial charge is 0.475 e. The minimum atomic E-state index is -5.08. The predicted molar refractivity (Wildman–Crippen MR) is 102 cm³/mol. The van der Waals surface area contributed by atoms with Gasteiger partial charge in [-0.25, -0.2) is 14.5 Å². The molecule has 0 unspecified atom stereocenters. The van der Waals surface area contributed by atoms with Crippen LogP contribution in [0.5, 0.6) is 0 Å². The SMILES string of the molecule is O=C(Nc1ccc2ncsc2c1)c1cn(C2CCNCC2)nn1.O=C(O)C(F)(F)F. The number of carbonyl (C=O) groups is 2. The molecule has 13 heteroatoms. The number of nitrogens with one attached hydrogen (secondary N) is 2. The number of rotatable bonds is 3. The van der Waals surface area contributed by atoms with Crippen LogP contribution in [-0.4, -0.2) is 56.2 Å². The molecule has 0 atom stereocenters. The highest BCUT2D eigenvalue weighted by Gasteiger charge is 2.38. The molecule has 1 fully saturated rings. The van der Waals surface area contributed by atoms with E-state index in [4.69, 9.17) is 9.90 Å². The van der Waals surface area contributed by atoms with E-state index >= 15 is 0 Å². The van der Waals surface area contributed by atoms with Gasteiger partial charge in [0.05, 0.1) is 28.0 Å². The first-order valence-corrected chi connectivity index (χ1v) is 9.69. The summed E-state index contributed by atoms with van der Waals surface area (Å²) in [5, 5.41) is 21.4. The normalized spacial score (nSPS) is 14.8. The van der Waals surface area contributed by atoms with Gasteiger partial charge in [0.2, 0.25) is 0 Å². The minimum Gasteiger partial charge on any atom is -0.475 e. The molecule has 3 heterocycles. The maximum absolute atomic E-state index is 12.3. The zero-order chi connectivity index (χ0) is 21.7. The highest BCUT2D eigenvalue weighted by atomic mass is 32.1. The van der Waals surface area contributed by atoms with Crippen molar-refractivity contribution >= 4 is 39.1 Å². The van der Waals surface area contributed by atoms with E-state index in [1.54, 1.807) is 23.0 Å². The molecule has 1 saturated heterocycles. The second-order valence-electron chi connectivity index (χ2n) is 6.36. The number of nitrogens with zero attached hydrogens (tertiary/aromatic N) is 4. The molecule has 3 N–H and O–H groups in total. The van der Waals surface area contributed by atoms with Crippen LogP contribution in [0.4, 0.5) is 18.9 Å². The van der Waals surface area contributed by atoms with Crippen LogP contribution in [-0.2, 0) is 4.79 Å². The fourth-order valence-corrected chi connectivity index (χ4v) is 3.47. The average Bonchev–Trinajstić information content (AvgIpc) is 3.38. The Hall–Kier alpha value is -3.06. The van der Waals surface area contributed by atoms with E-state index in [1.165, 1.54) is 0 Å². The van der Waals surface area contributed by atoms with Gasteiger partial charge < -0.3 is 15.7 Å². The summed E-state index contributed by atoms with van der Waals surface area (Å²) in [6.45, 7) is 1.95. The topological polar surface area (TPSA) is 122 Å². The maximum Gasteiger partial charge on any atom is 0.490 e. The number of amides is 1. The highest BCUT2D eigenvalue weighted by Crippen LogP contribution is 2.22. The molecule has 30 heavy (non-hydrogen) atoms. The Morgan fingerprint density at radius 2 is 1.97 bits per heavy atom. The van der Waals surface area contributed by atoms with Gasteiger partial charge >= 0.3 is 12.1 Å². The molecular formula is C17H17F3N6O3S. The van der Waals surface area contributed by atoms with Crippen molar-refractivity contribution in [2.75, 3.05) is 18.4 Å². The Bertz CT molecular complexity index is 1030. The van der Waals surface area contributed by atoms with Gasteiger partial charge in [-0.05, 0) is 44.1 Å². The van der Waals surface area contributed by atoms with Crippen molar-refractivity contribution in [3.05, 3.63) is 35.6 Å². The lowest BCUT2D eigenvalue weighted by Crippen LogP contribution is -2.29. The second kappa shape index (κ2) is 9.17. The van der Waals surface area contributed by atoms with Crippen molar-refractivity contribution in [3.8, 4) is 0 Å². The number of thiazole rings is 1. The number of halogens is 3. The Balaban J connectivity index is 0.000000318. The monoisotopic (exact) mass is 442 g/mol. The van der Waals surface area contributed by atoms with E-state index < -0.39 is 12.1 Å². The number of alkyl halides is 3. The van der Waals surface area contributed by atoms with Crippen LogP contribution in [0.3, 0.4) is 0 Å². The number of aromatic nitrogens is 4. The Morgan fingerprint density at radius 1 is 1.27 bits per heavy atom. The number of carboxylic acid groups (broad SMARTS) is 1. The number of hydrogen-bond acceptors (Lipinski definition) is 7. The molecule has 1 aromatic carbocycles. The molecule has 2 aromatic heterocycles. The van der Waals surface area contributed by atoms with Crippen LogP contribution < -0.4 is 10.6 Å². The van der Waals surface area contributed by atoms with Gasteiger partial charge in [-0.15, -0.1) is 16.4 Å². The van der Waals surface area contributed by atoms with Crippen molar-refractivity contribution in [1.82, 2.24) is 25.3 Å². The van der Waals surface area contributed by atoms with E-state index in [2.05, 4.69) is 25.9 Å². The van der Waals surface area contributed by atoms with Crippen LogP contribution in [0.15, 0.2) is 29.9 Å². The Labute approximate surface area is 171 Å². The molecular weight excluding hydrogens is 425 g/mol. The third-order valence-corrected chi connectivity index (χ3v) is 5.05. The number of carboxylic acids is 1. The fourth-order valence-electron chi connectivity index (χ4n) is 2.76. The van der Waals surface area contributed by atoms with Crippen LogP contribution in [0.25, 0.3) is 10.2 Å².